The molecule has 0 aliphatic heterocycles. The second-order valence-electron chi connectivity index (χ2n) is 5.14. The maximum Gasteiger partial charge on any atom is 0.206 e. The fourth-order valence-corrected chi connectivity index (χ4v) is 4.45. The third-order valence-electron chi connectivity index (χ3n) is 3.20. The molecule has 3 aromatic rings. The first-order chi connectivity index (χ1) is 11.8. The van der Waals surface area contributed by atoms with Crippen LogP contribution in [-0.4, -0.2) is 29.1 Å². The van der Waals surface area contributed by atoms with Gasteiger partial charge in [0.05, 0.1) is 6.61 Å². The topological polar surface area (TPSA) is 47.0 Å². The predicted octanol–water partition coefficient (Wildman–Crippen LogP) is 4.73. The van der Waals surface area contributed by atoms with Gasteiger partial charge in [-0.3, -0.25) is 0 Å². The molecule has 2 heterocycles. The molecule has 0 unspecified atom stereocenters. The van der Waals surface area contributed by atoms with E-state index in [-0.39, 0.29) is 0 Å². The number of hydrogen-bond acceptors (Lipinski definition) is 7. The van der Waals surface area contributed by atoms with Gasteiger partial charge in [-0.1, -0.05) is 41.3 Å². The number of anilines is 1. The second-order valence-corrected chi connectivity index (χ2v) is 8.49. The quantitative estimate of drug-likeness (QED) is 0.431. The van der Waals surface area contributed by atoms with Crippen LogP contribution in [0.3, 0.4) is 0 Å². The van der Waals surface area contributed by atoms with Crippen LogP contribution in [0.2, 0.25) is 0 Å². The van der Waals surface area contributed by atoms with Crippen molar-refractivity contribution < 1.29 is 4.74 Å². The molecular weight excluding hydrogens is 358 g/mol. The highest BCUT2D eigenvalue weighted by Gasteiger charge is 2.05. The van der Waals surface area contributed by atoms with E-state index in [0.717, 1.165) is 33.9 Å². The monoisotopic (exact) mass is 377 g/mol. The zero-order valence-electron chi connectivity index (χ0n) is 13.4. The fourth-order valence-electron chi connectivity index (χ4n) is 2.08. The van der Waals surface area contributed by atoms with Crippen molar-refractivity contribution in [1.29, 1.82) is 0 Å². The molecule has 4 nitrogen and oxygen atoms in total. The van der Waals surface area contributed by atoms with Crippen LogP contribution in [0.15, 0.2) is 46.1 Å². The fraction of sp³-hybridized carbons (Fsp3) is 0.294. The maximum absolute atomic E-state index is 5.74. The minimum Gasteiger partial charge on any atom is -0.493 e. The van der Waals surface area contributed by atoms with Crippen LogP contribution in [0.25, 0.3) is 0 Å². The first-order valence-electron chi connectivity index (χ1n) is 7.71. The molecule has 0 fully saturated rings. The molecule has 1 N–H and O–H groups in total. The highest BCUT2D eigenvalue weighted by atomic mass is 32.2. The highest BCUT2D eigenvalue weighted by Crippen LogP contribution is 2.25. The van der Waals surface area contributed by atoms with Crippen molar-refractivity contribution in [2.75, 3.05) is 24.2 Å². The van der Waals surface area contributed by atoms with Crippen molar-refractivity contribution in [3.63, 3.8) is 0 Å². The molecule has 0 radical (unpaired) electrons. The Bertz CT molecular complexity index is 743. The summed E-state index contributed by atoms with van der Waals surface area (Å²) in [5.74, 6) is 1.78. The summed E-state index contributed by atoms with van der Waals surface area (Å²) in [5, 5.41) is 14.7. The van der Waals surface area contributed by atoms with E-state index in [4.69, 9.17) is 4.74 Å². The van der Waals surface area contributed by atoms with Gasteiger partial charge in [0.2, 0.25) is 5.13 Å². The number of hydrogen-bond donors (Lipinski definition) is 1. The average Bonchev–Trinajstić information content (AvgIpc) is 3.24. The molecule has 126 valence electrons. The molecule has 24 heavy (non-hydrogen) atoms. The number of thioether (sulfide) groups is 1. The first kappa shape index (κ1) is 17.3. The second kappa shape index (κ2) is 9.05. The van der Waals surface area contributed by atoms with E-state index in [1.54, 1.807) is 34.4 Å². The summed E-state index contributed by atoms with van der Waals surface area (Å²) < 4.78 is 6.72. The zero-order chi connectivity index (χ0) is 16.6. The van der Waals surface area contributed by atoms with E-state index in [2.05, 4.69) is 46.0 Å². The predicted molar refractivity (Wildman–Crippen MR) is 104 cm³/mol. The molecule has 0 saturated carbocycles. The SMILES string of the molecule is Cc1cccc(OCCSc2nnc(NCCc3cccs3)s2)c1. The average molecular weight is 378 g/mol. The van der Waals surface area contributed by atoms with Gasteiger partial charge in [0.15, 0.2) is 4.34 Å². The number of nitrogens with zero attached hydrogens (tertiary/aromatic N) is 2. The standard InChI is InChI=1S/C17H19N3OS3/c1-13-4-2-5-14(12-13)21-9-11-23-17-20-19-16(24-17)18-8-7-15-6-3-10-22-15/h2-6,10,12H,7-9,11H2,1H3,(H,18,19). The number of benzene rings is 1. The number of thiophene rings is 1. The Morgan fingerprint density at radius 1 is 1.21 bits per heavy atom. The van der Waals surface area contributed by atoms with E-state index in [0.29, 0.717) is 6.61 Å². The van der Waals surface area contributed by atoms with Gasteiger partial charge in [0, 0.05) is 17.2 Å². The van der Waals surface area contributed by atoms with Gasteiger partial charge in [0.25, 0.3) is 0 Å². The normalized spacial score (nSPS) is 10.7. The van der Waals surface area contributed by atoms with E-state index in [1.807, 2.05) is 18.2 Å². The summed E-state index contributed by atoms with van der Waals surface area (Å²) in [5.41, 5.74) is 1.21. The summed E-state index contributed by atoms with van der Waals surface area (Å²) in [6, 6.07) is 12.3. The van der Waals surface area contributed by atoms with Crippen molar-refractivity contribution in [1.82, 2.24) is 10.2 Å². The van der Waals surface area contributed by atoms with Crippen LogP contribution in [-0.2, 0) is 6.42 Å². The Morgan fingerprint density at radius 2 is 2.17 bits per heavy atom. The Labute approximate surface area is 154 Å². The summed E-state index contributed by atoms with van der Waals surface area (Å²) in [6.45, 7) is 3.61. The van der Waals surface area contributed by atoms with Gasteiger partial charge in [-0.05, 0) is 42.5 Å². The molecule has 3 rings (SSSR count). The molecular formula is C17H19N3OS3. The van der Waals surface area contributed by atoms with Crippen LogP contribution in [0.1, 0.15) is 10.4 Å². The van der Waals surface area contributed by atoms with Gasteiger partial charge < -0.3 is 10.1 Å². The van der Waals surface area contributed by atoms with Crippen LogP contribution in [0.5, 0.6) is 5.75 Å². The molecule has 0 amide bonds. The molecule has 0 aliphatic carbocycles. The summed E-state index contributed by atoms with van der Waals surface area (Å²) in [6.07, 6.45) is 1.02. The van der Waals surface area contributed by atoms with Gasteiger partial charge in [0.1, 0.15) is 5.75 Å². The molecule has 1 aromatic carbocycles. The third kappa shape index (κ3) is 5.51. The minimum absolute atomic E-state index is 0.662. The summed E-state index contributed by atoms with van der Waals surface area (Å²) in [7, 11) is 0. The lowest BCUT2D eigenvalue weighted by atomic mass is 10.2. The van der Waals surface area contributed by atoms with Crippen molar-refractivity contribution in [3.8, 4) is 5.75 Å². The lowest BCUT2D eigenvalue weighted by Gasteiger charge is -2.05. The lowest BCUT2D eigenvalue weighted by Crippen LogP contribution is -2.03. The van der Waals surface area contributed by atoms with Crippen LogP contribution < -0.4 is 10.1 Å². The Balaban J connectivity index is 1.35. The van der Waals surface area contributed by atoms with E-state index in [9.17, 15) is 0 Å². The van der Waals surface area contributed by atoms with Crippen molar-refractivity contribution in [3.05, 3.63) is 52.2 Å². The molecule has 0 atom stereocenters. The van der Waals surface area contributed by atoms with E-state index >= 15 is 0 Å². The molecule has 0 spiro atoms. The van der Waals surface area contributed by atoms with Crippen molar-refractivity contribution >= 4 is 39.6 Å². The lowest BCUT2D eigenvalue weighted by molar-refractivity contribution is 0.343. The Morgan fingerprint density at radius 3 is 3.00 bits per heavy atom. The smallest absolute Gasteiger partial charge is 0.206 e. The molecule has 2 aromatic heterocycles. The molecule has 0 bridgehead atoms. The largest absolute Gasteiger partial charge is 0.493 e. The number of aryl methyl sites for hydroxylation is 1. The molecule has 0 saturated heterocycles. The minimum atomic E-state index is 0.662. The van der Waals surface area contributed by atoms with E-state index < -0.39 is 0 Å². The number of ether oxygens (including phenoxy) is 1. The number of aromatic nitrogens is 2. The Kier molecular flexibility index (Phi) is 6.51. The van der Waals surface area contributed by atoms with Crippen molar-refractivity contribution in [2.45, 2.75) is 17.7 Å². The Hall–Kier alpha value is -1.57. The summed E-state index contributed by atoms with van der Waals surface area (Å²) >= 11 is 5.06. The van der Waals surface area contributed by atoms with Crippen molar-refractivity contribution in [2.24, 2.45) is 0 Å². The van der Waals surface area contributed by atoms with Gasteiger partial charge in [-0.25, -0.2) is 0 Å². The van der Waals surface area contributed by atoms with Crippen LogP contribution in [0, 0.1) is 6.92 Å². The molecule has 7 heteroatoms. The summed E-state index contributed by atoms with van der Waals surface area (Å²) in [4.78, 5) is 1.38. The third-order valence-corrected chi connectivity index (χ3v) is 6.12. The van der Waals surface area contributed by atoms with E-state index in [1.165, 1.54) is 10.4 Å². The zero-order valence-corrected chi connectivity index (χ0v) is 15.8. The van der Waals surface area contributed by atoms with Gasteiger partial charge in [-0.15, -0.1) is 21.5 Å². The maximum atomic E-state index is 5.74. The van der Waals surface area contributed by atoms with Crippen LogP contribution in [0.4, 0.5) is 5.13 Å². The highest BCUT2D eigenvalue weighted by molar-refractivity contribution is 8.01. The number of rotatable bonds is 9. The van der Waals surface area contributed by atoms with Gasteiger partial charge >= 0.3 is 0 Å². The first-order valence-corrected chi connectivity index (χ1v) is 10.4. The van der Waals surface area contributed by atoms with Crippen LogP contribution >= 0.6 is 34.4 Å². The van der Waals surface area contributed by atoms with Gasteiger partial charge in [-0.2, -0.15) is 0 Å². The number of nitrogens with one attached hydrogen (secondary N) is 1. The molecule has 0 aliphatic rings.